The van der Waals surface area contributed by atoms with Crippen LogP contribution in [-0.2, 0) is 4.79 Å². The summed E-state index contributed by atoms with van der Waals surface area (Å²) in [6.07, 6.45) is 0. The second-order valence-corrected chi connectivity index (χ2v) is 3.80. The molecule has 13 heavy (non-hydrogen) atoms. The zero-order valence-corrected chi connectivity index (χ0v) is 7.84. The molecule has 4 nitrogen and oxygen atoms in total. The Morgan fingerprint density at radius 1 is 1.62 bits per heavy atom. The van der Waals surface area contributed by atoms with Crippen LogP contribution in [0.25, 0.3) is 0 Å². The van der Waals surface area contributed by atoms with E-state index in [0.29, 0.717) is 4.91 Å². The van der Waals surface area contributed by atoms with E-state index in [-0.39, 0.29) is 5.91 Å². The molecule has 1 atom stereocenters. The highest BCUT2D eigenvalue weighted by molar-refractivity contribution is 8.05. The van der Waals surface area contributed by atoms with Crippen LogP contribution in [0.3, 0.4) is 0 Å². The van der Waals surface area contributed by atoms with Crippen LogP contribution in [0.4, 0.5) is 0 Å². The van der Waals surface area contributed by atoms with Crippen molar-refractivity contribution in [2.45, 2.75) is 5.37 Å². The van der Waals surface area contributed by atoms with Gasteiger partial charge in [-0.3, -0.25) is 4.79 Å². The molecule has 0 saturated carbocycles. The second-order valence-electron chi connectivity index (χ2n) is 2.58. The molecule has 0 aliphatic carbocycles. The van der Waals surface area contributed by atoms with Crippen LogP contribution in [0, 0.1) is 28.6 Å². The van der Waals surface area contributed by atoms with E-state index in [0.717, 1.165) is 0 Å². The van der Waals surface area contributed by atoms with Crippen molar-refractivity contribution in [3.05, 3.63) is 11.5 Å². The van der Waals surface area contributed by atoms with Gasteiger partial charge in [-0.1, -0.05) is 18.3 Å². The van der Waals surface area contributed by atoms with Crippen LogP contribution in [0.1, 0.15) is 0 Å². The minimum Gasteiger partial charge on any atom is -0.327 e. The Bertz CT molecular complexity index is 324. The Balaban J connectivity index is 2.87. The van der Waals surface area contributed by atoms with Gasteiger partial charge in [0, 0.05) is 7.05 Å². The quantitative estimate of drug-likeness (QED) is 0.575. The van der Waals surface area contributed by atoms with Crippen molar-refractivity contribution < 1.29 is 4.79 Å². The molecule has 1 heterocycles. The third-order valence-corrected chi connectivity index (χ3v) is 3.06. The SMILES string of the molecule is C=C1SC(C(C#N)C#N)N(C)C1=O. The average molecular weight is 193 g/mol. The molecule has 0 aromatic heterocycles. The number of thioether (sulfide) groups is 1. The van der Waals surface area contributed by atoms with E-state index in [1.165, 1.54) is 16.7 Å². The highest BCUT2D eigenvalue weighted by Gasteiger charge is 2.37. The van der Waals surface area contributed by atoms with Gasteiger partial charge in [-0.2, -0.15) is 10.5 Å². The van der Waals surface area contributed by atoms with Gasteiger partial charge < -0.3 is 4.90 Å². The smallest absolute Gasteiger partial charge is 0.260 e. The Labute approximate surface area is 80.4 Å². The number of carbonyl (C=O) groups is 1. The number of amides is 1. The van der Waals surface area contributed by atoms with Crippen LogP contribution < -0.4 is 0 Å². The van der Waals surface area contributed by atoms with E-state index in [2.05, 4.69) is 6.58 Å². The monoisotopic (exact) mass is 193 g/mol. The molecule has 1 amide bonds. The van der Waals surface area contributed by atoms with Gasteiger partial charge in [-0.05, 0) is 0 Å². The van der Waals surface area contributed by atoms with Gasteiger partial charge in [0.15, 0.2) is 5.92 Å². The molecule has 0 aromatic carbocycles. The molecule has 0 bridgehead atoms. The van der Waals surface area contributed by atoms with Crippen molar-refractivity contribution >= 4 is 17.7 Å². The topological polar surface area (TPSA) is 67.9 Å². The summed E-state index contributed by atoms with van der Waals surface area (Å²) in [5.74, 6) is -0.997. The van der Waals surface area contributed by atoms with Crippen molar-refractivity contribution in [2.75, 3.05) is 7.05 Å². The summed E-state index contributed by atoms with van der Waals surface area (Å²) in [4.78, 5) is 13.0. The number of hydrogen-bond donors (Lipinski definition) is 0. The van der Waals surface area contributed by atoms with Crippen molar-refractivity contribution in [1.82, 2.24) is 4.90 Å². The molecule has 1 aliphatic heterocycles. The Morgan fingerprint density at radius 2 is 2.15 bits per heavy atom. The fraction of sp³-hybridized carbons (Fsp3) is 0.375. The normalized spacial score (nSPS) is 21.8. The Kier molecular flexibility index (Phi) is 2.60. The van der Waals surface area contributed by atoms with E-state index < -0.39 is 11.3 Å². The molecule has 0 aromatic rings. The fourth-order valence-electron chi connectivity index (χ4n) is 1.04. The van der Waals surface area contributed by atoms with Gasteiger partial charge in [0.25, 0.3) is 5.91 Å². The molecule has 0 radical (unpaired) electrons. The van der Waals surface area contributed by atoms with Crippen molar-refractivity contribution in [1.29, 1.82) is 10.5 Å². The summed E-state index contributed by atoms with van der Waals surface area (Å²) in [6.45, 7) is 3.54. The zero-order valence-electron chi connectivity index (χ0n) is 7.02. The van der Waals surface area contributed by atoms with Crippen LogP contribution in [-0.4, -0.2) is 23.2 Å². The molecule has 0 spiro atoms. The third kappa shape index (κ3) is 1.51. The van der Waals surface area contributed by atoms with Gasteiger partial charge in [0.2, 0.25) is 0 Å². The third-order valence-electron chi connectivity index (χ3n) is 1.77. The molecule has 1 fully saturated rings. The minimum absolute atomic E-state index is 0.203. The van der Waals surface area contributed by atoms with Crippen molar-refractivity contribution in [3.63, 3.8) is 0 Å². The molecule has 0 N–H and O–H groups in total. The van der Waals surface area contributed by atoms with Crippen LogP contribution in [0.15, 0.2) is 11.5 Å². The predicted molar refractivity (Wildman–Crippen MR) is 48.0 cm³/mol. The summed E-state index contributed by atoms with van der Waals surface area (Å²) in [7, 11) is 1.57. The average Bonchev–Trinajstić information content (AvgIpc) is 2.36. The predicted octanol–water partition coefficient (Wildman–Crippen LogP) is 0.695. The number of likely N-dealkylation sites (N-methyl/N-ethyl adjacent to an activating group) is 1. The van der Waals surface area contributed by atoms with E-state index >= 15 is 0 Å². The number of hydrogen-bond acceptors (Lipinski definition) is 4. The highest BCUT2D eigenvalue weighted by atomic mass is 32.2. The lowest BCUT2D eigenvalue weighted by molar-refractivity contribution is -0.125. The summed E-state index contributed by atoms with van der Waals surface area (Å²) in [5.41, 5.74) is 0. The van der Waals surface area contributed by atoms with E-state index in [9.17, 15) is 4.79 Å². The maximum atomic E-state index is 11.2. The lowest BCUT2D eigenvalue weighted by Gasteiger charge is -2.17. The van der Waals surface area contributed by atoms with Gasteiger partial charge >= 0.3 is 0 Å². The summed E-state index contributed by atoms with van der Waals surface area (Å²) >= 11 is 1.18. The van der Waals surface area contributed by atoms with Gasteiger partial charge in [-0.15, -0.1) is 0 Å². The summed E-state index contributed by atoms with van der Waals surface area (Å²) in [5, 5.41) is 16.8. The lowest BCUT2D eigenvalue weighted by atomic mass is 10.2. The Hall–Kier alpha value is -1.46. The van der Waals surface area contributed by atoms with Crippen LogP contribution in [0.2, 0.25) is 0 Å². The number of carbonyl (C=O) groups excluding carboxylic acids is 1. The van der Waals surface area contributed by atoms with E-state index in [1.54, 1.807) is 7.05 Å². The summed E-state index contributed by atoms with van der Waals surface area (Å²) in [6, 6.07) is 3.70. The number of nitrogens with zero attached hydrogens (tertiary/aromatic N) is 3. The van der Waals surface area contributed by atoms with Gasteiger partial charge in [0.1, 0.15) is 5.37 Å². The largest absolute Gasteiger partial charge is 0.327 e. The molecule has 1 unspecified atom stereocenters. The van der Waals surface area contributed by atoms with Crippen LogP contribution >= 0.6 is 11.8 Å². The van der Waals surface area contributed by atoms with Gasteiger partial charge in [0.05, 0.1) is 17.0 Å². The highest BCUT2D eigenvalue weighted by Crippen LogP contribution is 2.36. The van der Waals surface area contributed by atoms with Gasteiger partial charge in [-0.25, -0.2) is 0 Å². The second kappa shape index (κ2) is 3.51. The van der Waals surface area contributed by atoms with E-state index in [4.69, 9.17) is 10.5 Å². The molecular weight excluding hydrogens is 186 g/mol. The number of rotatable bonds is 1. The fourth-order valence-corrected chi connectivity index (χ4v) is 2.08. The molecule has 1 saturated heterocycles. The minimum atomic E-state index is -0.793. The first-order valence-corrected chi connectivity index (χ1v) is 4.41. The molecular formula is C8H7N3OS. The maximum absolute atomic E-state index is 11.2. The Morgan fingerprint density at radius 3 is 2.46 bits per heavy atom. The molecule has 66 valence electrons. The summed E-state index contributed by atoms with van der Waals surface area (Å²) < 4.78 is 0. The standard InChI is InChI=1S/C8H7N3OS/c1-5-7(12)11(2)8(13-5)6(3-9)4-10/h6,8H,1H2,2H3. The molecule has 1 rings (SSSR count). The first-order valence-electron chi connectivity index (χ1n) is 3.53. The van der Waals surface area contributed by atoms with Crippen molar-refractivity contribution in [3.8, 4) is 12.1 Å². The molecule has 1 aliphatic rings. The zero-order chi connectivity index (χ0) is 10.0. The van der Waals surface area contributed by atoms with Crippen molar-refractivity contribution in [2.24, 2.45) is 5.92 Å². The maximum Gasteiger partial charge on any atom is 0.260 e. The number of nitriles is 2. The first-order chi connectivity index (χ1) is 6.11. The van der Waals surface area contributed by atoms with E-state index in [1.807, 2.05) is 12.1 Å². The lowest BCUT2D eigenvalue weighted by Crippen LogP contribution is -2.32. The first kappa shape index (κ1) is 9.63. The molecule has 5 heteroatoms. The van der Waals surface area contributed by atoms with Crippen LogP contribution in [0.5, 0.6) is 0 Å².